The van der Waals surface area contributed by atoms with Crippen LogP contribution in [0, 0.1) is 0 Å². The molecule has 1 aromatic heterocycles. The van der Waals surface area contributed by atoms with Crippen LogP contribution in [0.5, 0.6) is 0 Å². The molecular formula is C17H21N3O2. The quantitative estimate of drug-likeness (QED) is 0.837. The lowest BCUT2D eigenvalue weighted by molar-refractivity contribution is -0.146. The van der Waals surface area contributed by atoms with Crippen molar-refractivity contribution in [2.45, 2.75) is 50.1 Å². The SMILES string of the molecule is O=C(c1ccccn1)N1CCCC12CCCN(C1CC1)C2=O. The fourth-order valence-corrected chi connectivity index (χ4v) is 4.04. The summed E-state index contributed by atoms with van der Waals surface area (Å²) in [5.41, 5.74) is -0.157. The van der Waals surface area contributed by atoms with E-state index < -0.39 is 5.54 Å². The van der Waals surface area contributed by atoms with Crippen molar-refractivity contribution in [3.63, 3.8) is 0 Å². The Kier molecular flexibility index (Phi) is 3.17. The highest BCUT2D eigenvalue weighted by molar-refractivity contribution is 5.99. The van der Waals surface area contributed by atoms with E-state index in [0.29, 0.717) is 18.3 Å². The van der Waals surface area contributed by atoms with Crippen molar-refractivity contribution in [1.29, 1.82) is 0 Å². The van der Waals surface area contributed by atoms with Crippen LogP contribution in [0.3, 0.4) is 0 Å². The van der Waals surface area contributed by atoms with Crippen LogP contribution in [0.15, 0.2) is 24.4 Å². The van der Waals surface area contributed by atoms with Crippen molar-refractivity contribution in [1.82, 2.24) is 14.8 Å². The van der Waals surface area contributed by atoms with Crippen LogP contribution in [0.2, 0.25) is 0 Å². The molecule has 2 aliphatic heterocycles. The number of amides is 2. The first-order chi connectivity index (χ1) is 10.7. The third kappa shape index (κ3) is 2.02. The molecule has 0 radical (unpaired) electrons. The molecule has 0 N–H and O–H groups in total. The average molecular weight is 299 g/mol. The van der Waals surface area contributed by atoms with Crippen molar-refractivity contribution >= 4 is 11.8 Å². The van der Waals surface area contributed by atoms with Crippen LogP contribution in [-0.2, 0) is 4.79 Å². The predicted molar refractivity (Wildman–Crippen MR) is 81.2 cm³/mol. The molecule has 3 fully saturated rings. The number of nitrogens with zero attached hydrogens (tertiary/aromatic N) is 3. The first kappa shape index (κ1) is 13.7. The summed E-state index contributed by atoms with van der Waals surface area (Å²) in [6, 6.07) is 5.79. The molecule has 4 rings (SSSR count). The Balaban J connectivity index is 1.64. The lowest BCUT2D eigenvalue weighted by Gasteiger charge is -2.44. The second-order valence-electron chi connectivity index (χ2n) is 6.64. The second-order valence-corrected chi connectivity index (χ2v) is 6.64. The highest BCUT2D eigenvalue weighted by atomic mass is 16.2. The summed E-state index contributed by atoms with van der Waals surface area (Å²) in [7, 11) is 0. The lowest BCUT2D eigenvalue weighted by atomic mass is 9.85. The van der Waals surface area contributed by atoms with E-state index in [-0.39, 0.29) is 11.8 Å². The number of pyridine rings is 1. The Labute approximate surface area is 130 Å². The van der Waals surface area contributed by atoms with Crippen molar-refractivity contribution in [3.8, 4) is 0 Å². The molecule has 1 aromatic rings. The Morgan fingerprint density at radius 1 is 1.18 bits per heavy atom. The molecule has 3 heterocycles. The molecule has 5 heteroatoms. The number of rotatable bonds is 2. The summed E-state index contributed by atoms with van der Waals surface area (Å²) < 4.78 is 0. The molecule has 2 amide bonds. The zero-order valence-corrected chi connectivity index (χ0v) is 12.7. The van der Waals surface area contributed by atoms with Gasteiger partial charge in [0.05, 0.1) is 0 Å². The number of aromatic nitrogens is 1. The molecule has 116 valence electrons. The van der Waals surface area contributed by atoms with E-state index in [1.165, 1.54) is 0 Å². The smallest absolute Gasteiger partial charge is 0.273 e. The molecule has 1 aliphatic carbocycles. The van der Waals surface area contributed by atoms with Crippen LogP contribution in [0.25, 0.3) is 0 Å². The number of hydrogen-bond acceptors (Lipinski definition) is 3. The summed E-state index contributed by atoms with van der Waals surface area (Å²) in [6.45, 7) is 1.52. The van der Waals surface area contributed by atoms with Gasteiger partial charge in [-0.05, 0) is 50.7 Å². The summed E-state index contributed by atoms with van der Waals surface area (Å²) >= 11 is 0. The van der Waals surface area contributed by atoms with Gasteiger partial charge in [0, 0.05) is 25.3 Å². The van der Waals surface area contributed by atoms with Gasteiger partial charge in [-0.3, -0.25) is 14.6 Å². The maximum Gasteiger partial charge on any atom is 0.273 e. The van der Waals surface area contributed by atoms with Crippen molar-refractivity contribution in [3.05, 3.63) is 30.1 Å². The third-order valence-electron chi connectivity index (χ3n) is 5.25. The number of piperidine rings is 1. The summed E-state index contributed by atoms with van der Waals surface area (Å²) in [6.07, 6.45) is 7.37. The Hall–Kier alpha value is -1.91. The molecule has 3 aliphatic rings. The van der Waals surface area contributed by atoms with E-state index in [1.54, 1.807) is 18.3 Å². The van der Waals surface area contributed by atoms with Gasteiger partial charge < -0.3 is 9.80 Å². The minimum atomic E-state index is -0.602. The van der Waals surface area contributed by atoms with Crippen LogP contribution in [0.4, 0.5) is 0 Å². The lowest BCUT2D eigenvalue weighted by Crippen LogP contribution is -2.61. The first-order valence-corrected chi connectivity index (χ1v) is 8.26. The van der Waals surface area contributed by atoms with Gasteiger partial charge in [0.1, 0.15) is 11.2 Å². The van der Waals surface area contributed by atoms with Gasteiger partial charge in [-0.25, -0.2) is 0 Å². The molecule has 0 bridgehead atoms. The second kappa shape index (κ2) is 5.07. The zero-order chi connectivity index (χ0) is 15.2. The van der Waals surface area contributed by atoms with E-state index in [1.807, 2.05) is 15.9 Å². The topological polar surface area (TPSA) is 53.5 Å². The summed E-state index contributed by atoms with van der Waals surface area (Å²) in [4.78, 5) is 34.0. The van der Waals surface area contributed by atoms with Crippen LogP contribution < -0.4 is 0 Å². The standard InChI is InChI=1S/C17H21N3O2/c21-15(14-5-1-2-10-18-14)20-12-4-9-17(20)8-3-11-19(16(17)22)13-6-7-13/h1-2,5,10,13H,3-4,6-9,11-12H2. The summed E-state index contributed by atoms with van der Waals surface area (Å²) in [5, 5.41) is 0. The minimum Gasteiger partial charge on any atom is -0.338 e. The number of carbonyl (C=O) groups excluding carboxylic acids is 2. The number of carbonyl (C=O) groups is 2. The minimum absolute atomic E-state index is 0.0934. The fraction of sp³-hybridized carbons (Fsp3) is 0.588. The van der Waals surface area contributed by atoms with Gasteiger partial charge >= 0.3 is 0 Å². The van der Waals surface area contributed by atoms with Crippen LogP contribution in [0.1, 0.15) is 49.0 Å². The summed E-state index contributed by atoms with van der Waals surface area (Å²) in [5.74, 6) is 0.0899. The van der Waals surface area contributed by atoms with Crippen LogP contribution in [-0.4, -0.2) is 51.3 Å². The third-order valence-corrected chi connectivity index (χ3v) is 5.25. The molecule has 0 aromatic carbocycles. The highest BCUT2D eigenvalue weighted by Gasteiger charge is 2.54. The normalized spacial score (nSPS) is 28.5. The average Bonchev–Trinajstić information content (AvgIpc) is 3.31. The number of hydrogen-bond donors (Lipinski definition) is 0. The van der Waals surface area contributed by atoms with E-state index in [9.17, 15) is 9.59 Å². The van der Waals surface area contributed by atoms with Gasteiger partial charge in [0.15, 0.2) is 0 Å². The van der Waals surface area contributed by atoms with Gasteiger partial charge in [0.25, 0.3) is 5.91 Å². The molecule has 2 saturated heterocycles. The van der Waals surface area contributed by atoms with E-state index in [2.05, 4.69) is 4.98 Å². The molecule has 1 atom stereocenters. The molecule has 1 unspecified atom stereocenters. The van der Waals surface area contributed by atoms with Gasteiger partial charge in [-0.1, -0.05) is 6.07 Å². The largest absolute Gasteiger partial charge is 0.338 e. The van der Waals surface area contributed by atoms with Crippen molar-refractivity contribution < 1.29 is 9.59 Å². The molecular weight excluding hydrogens is 278 g/mol. The fourth-order valence-electron chi connectivity index (χ4n) is 4.04. The predicted octanol–water partition coefficient (Wildman–Crippen LogP) is 1.84. The molecule has 22 heavy (non-hydrogen) atoms. The van der Waals surface area contributed by atoms with E-state index in [4.69, 9.17) is 0 Å². The van der Waals surface area contributed by atoms with Gasteiger partial charge in [0.2, 0.25) is 5.91 Å². The zero-order valence-electron chi connectivity index (χ0n) is 12.7. The molecule has 1 saturated carbocycles. The van der Waals surface area contributed by atoms with Gasteiger partial charge in [-0.15, -0.1) is 0 Å². The van der Waals surface area contributed by atoms with E-state index >= 15 is 0 Å². The van der Waals surface area contributed by atoms with Crippen molar-refractivity contribution in [2.75, 3.05) is 13.1 Å². The highest BCUT2D eigenvalue weighted by Crippen LogP contribution is 2.42. The Bertz CT molecular complexity index is 599. The maximum absolute atomic E-state index is 13.1. The van der Waals surface area contributed by atoms with E-state index in [0.717, 1.165) is 45.1 Å². The molecule has 1 spiro atoms. The first-order valence-electron chi connectivity index (χ1n) is 8.26. The maximum atomic E-state index is 13.1. The number of likely N-dealkylation sites (tertiary alicyclic amines) is 2. The Morgan fingerprint density at radius 2 is 1.95 bits per heavy atom. The van der Waals surface area contributed by atoms with Crippen molar-refractivity contribution in [2.24, 2.45) is 0 Å². The van der Waals surface area contributed by atoms with Crippen LogP contribution >= 0.6 is 0 Å². The Morgan fingerprint density at radius 3 is 2.64 bits per heavy atom. The van der Waals surface area contributed by atoms with Gasteiger partial charge in [-0.2, -0.15) is 0 Å². The monoisotopic (exact) mass is 299 g/mol. The molecule has 5 nitrogen and oxygen atoms in total.